The molecule has 2 heteroatoms. The van der Waals surface area contributed by atoms with Crippen molar-refractivity contribution in [3.05, 3.63) is 152 Å². The summed E-state index contributed by atoms with van der Waals surface area (Å²) in [5.41, 5.74) is 6.18. The quantitative estimate of drug-likeness (QED) is 0.181. The summed E-state index contributed by atoms with van der Waals surface area (Å²) in [6.45, 7) is 0. The number of fused-ring (bicyclic) bond motifs is 12. The number of rotatable bonds is 2. The van der Waals surface area contributed by atoms with E-state index in [2.05, 4.69) is 156 Å². The van der Waals surface area contributed by atoms with Gasteiger partial charge in [0, 0.05) is 26.2 Å². The molecule has 0 fully saturated rings. The van der Waals surface area contributed by atoms with Crippen molar-refractivity contribution in [1.82, 2.24) is 4.57 Å². The SMILES string of the molecule is c1ccc2c(c1)sc1c(-n3c4ccccc4c4ccccc43)cc(-c3ccc4c5ccccc5c5ccccc5c4c3)cc12. The van der Waals surface area contributed by atoms with Gasteiger partial charge in [-0.05, 0) is 79.8 Å². The molecule has 0 saturated heterocycles. The number of hydrogen-bond donors (Lipinski definition) is 0. The predicted octanol–water partition coefficient (Wildman–Crippen LogP) is 12.3. The van der Waals surface area contributed by atoms with E-state index < -0.39 is 0 Å². The van der Waals surface area contributed by atoms with Crippen molar-refractivity contribution in [3.8, 4) is 16.8 Å². The minimum atomic E-state index is 1.23. The van der Waals surface area contributed by atoms with Crippen LogP contribution in [0.4, 0.5) is 0 Å². The van der Waals surface area contributed by atoms with E-state index in [-0.39, 0.29) is 0 Å². The minimum Gasteiger partial charge on any atom is -0.308 e. The molecular formula is C42H25NS. The Bertz CT molecular complexity index is 2690. The van der Waals surface area contributed by atoms with Gasteiger partial charge < -0.3 is 4.57 Å². The van der Waals surface area contributed by atoms with E-state index in [1.54, 1.807) is 0 Å². The summed E-state index contributed by atoms with van der Waals surface area (Å²) in [7, 11) is 0. The number of benzene rings is 8. The summed E-state index contributed by atoms with van der Waals surface area (Å²) < 4.78 is 5.12. The van der Waals surface area contributed by atoms with E-state index in [0.717, 1.165) is 0 Å². The third-order valence-electron chi connectivity index (χ3n) is 9.36. The second kappa shape index (κ2) is 9.03. The molecule has 0 aliphatic rings. The molecule has 0 amide bonds. The molecule has 8 aromatic carbocycles. The predicted molar refractivity (Wildman–Crippen MR) is 192 cm³/mol. The Morgan fingerprint density at radius 3 is 1.45 bits per heavy atom. The largest absolute Gasteiger partial charge is 0.308 e. The molecule has 0 saturated carbocycles. The van der Waals surface area contributed by atoms with Gasteiger partial charge in [0.2, 0.25) is 0 Å². The lowest BCUT2D eigenvalue weighted by atomic mass is 9.91. The van der Waals surface area contributed by atoms with Crippen molar-refractivity contribution in [1.29, 1.82) is 0 Å². The van der Waals surface area contributed by atoms with Crippen LogP contribution < -0.4 is 0 Å². The maximum Gasteiger partial charge on any atom is 0.0647 e. The van der Waals surface area contributed by atoms with E-state index >= 15 is 0 Å². The zero-order valence-electron chi connectivity index (χ0n) is 23.8. The molecule has 204 valence electrons. The molecule has 0 N–H and O–H groups in total. The lowest BCUT2D eigenvalue weighted by Gasteiger charge is -2.14. The standard InChI is InChI=1S/C42H25NS/c1-2-13-30-28(11-1)29-12-3-4-14-31(29)36-23-26(21-22-32(30)36)27-24-37-35-17-7-10-20-41(35)44-42(37)40(25-27)43-38-18-8-5-15-33(38)34-16-6-9-19-39(34)43/h1-25H. The van der Waals surface area contributed by atoms with Crippen LogP contribution >= 0.6 is 11.3 Å². The van der Waals surface area contributed by atoms with Gasteiger partial charge in [0.15, 0.2) is 0 Å². The molecule has 0 bridgehead atoms. The summed E-state index contributed by atoms with van der Waals surface area (Å²) in [6, 6.07) is 56.0. The normalized spacial score (nSPS) is 12.1. The van der Waals surface area contributed by atoms with E-state index in [1.165, 1.54) is 91.1 Å². The number of aromatic nitrogens is 1. The van der Waals surface area contributed by atoms with Crippen molar-refractivity contribution in [3.63, 3.8) is 0 Å². The molecule has 0 radical (unpaired) electrons. The van der Waals surface area contributed by atoms with Crippen molar-refractivity contribution in [2.75, 3.05) is 0 Å². The summed E-state index contributed by atoms with van der Waals surface area (Å²) in [6.07, 6.45) is 0. The zero-order valence-corrected chi connectivity index (χ0v) is 24.6. The average molecular weight is 576 g/mol. The molecule has 2 aromatic heterocycles. The summed E-state index contributed by atoms with van der Waals surface area (Å²) in [4.78, 5) is 0. The van der Waals surface area contributed by atoms with Gasteiger partial charge >= 0.3 is 0 Å². The lowest BCUT2D eigenvalue weighted by Crippen LogP contribution is -1.95. The van der Waals surface area contributed by atoms with Crippen molar-refractivity contribution >= 4 is 85.6 Å². The van der Waals surface area contributed by atoms with Crippen LogP contribution in [0.15, 0.2) is 152 Å². The molecule has 1 nitrogen and oxygen atoms in total. The highest BCUT2D eigenvalue weighted by atomic mass is 32.1. The molecular weight excluding hydrogens is 551 g/mol. The lowest BCUT2D eigenvalue weighted by molar-refractivity contribution is 1.20. The number of thiophene rings is 1. The van der Waals surface area contributed by atoms with Gasteiger partial charge in [0.25, 0.3) is 0 Å². The van der Waals surface area contributed by atoms with Gasteiger partial charge in [-0.3, -0.25) is 0 Å². The molecule has 0 unspecified atom stereocenters. The van der Waals surface area contributed by atoms with Gasteiger partial charge in [-0.25, -0.2) is 0 Å². The maximum absolute atomic E-state index is 2.48. The molecule has 44 heavy (non-hydrogen) atoms. The Labute approximate surface area is 257 Å². The van der Waals surface area contributed by atoms with E-state index in [0.29, 0.717) is 0 Å². The first kappa shape index (κ1) is 24.0. The second-order valence-corrected chi connectivity index (χ2v) is 12.7. The Kier molecular flexibility index (Phi) is 4.94. The molecule has 0 aliphatic carbocycles. The van der Waals surface area contributed by atoms with Crippen molar-refractivity contribution in [2.24, 2.45) is 0 Å². The third-order valence-corrected chi connectivity index (χ3v) is 10.6. The Balaban J connectivity index is 1.34. The average Bonchev–Trinajstić information content (AvgIpc) is 3.64. The second-order valence-electron chi connectivity index (χ2n) is 11.7. The Morgan fingerprint density at radius 2 is 0.818 bits per heavy atom. The van der Waals surface area contributed by atoms with Gasteiger partial charge in [-0.1, -0.05) is 115 Å². The highest BCUT2D eigenvalue weighted by Crippen LogP contribution is 2.44. The molecule has 10 rings (SSSR count). The highest BCUT2D eigenvalue weighted by molar-refractivity contribution is 7.26. The van der Waals surface area contributed by atoms with Gasteiger partial charge in [0.05, 0.1) is 21.4 Å². The fraction of sp³-hybridized carbons (Fsp3) is 0. The first-order valence-corrected chi connectivity index (χ1v) is 15.9. The topological polar surface area (TPSA) is 4.93 Å². The van der Waals surface area contributed by atoms with Gasteiger partial charge in [0.1, 0.15) is 0 Å². The van der Waals surface area contributed by atoms with Crippen LogP contribution in [-0.2, 0) is 0 Å². The first-order valence-electron chi connectivity index (χ1n) is 15.1. The summed E-state index contributed by atoms with van der Waals surface area (Å²) >= 11 is 1.89. The Morgan fingerprint density at radius 1 is 0.341 bits per heavy atom. The smallest absolute Gasteiger partial charge is 0.0647 e. The number of para-hydroxylation sites is 2. The third kappa shape index (κ3) is 3.29. The monoisotopic (exact) mass is 575 g/mol. The van der Waals surface area contributed by atoms with Crippen LogP contribution in [0.5, 0.6) is 0 Å². The maximum atomic E-state index is 2.48. The van der Waals surface area contributed by atoms with Crippen molar-refractivity contribution in [2.45, 2.75) is 0 Å². The molecule has 0 spiro atoms. The minimum absolute atomic E-state index is 1.23. The van der Waals surface area contributed by atoms with E-state index in [9.17, 15) is 0 Å². The number of hydrogen-bond acceptors (Lipinski definition) is 1. The van der Waals surface area contributed by atoms with E-state index in [1.807, 2.05) is 11.3 Å². The van der Waals surface area contributed by atoms with Crippen LogP contribution in [0.1, 0.15) is 0 Å². The van der Waals surface area contributed by atoms with Crippen LogP contribution in [-0.4, -0.2) is 4.57 Å². The molecule has 0 atom stereocenters. The number of nitrogens with zero attached hydrogens (tertiary/aromatic N) is 1. The Hall–Kier alpha value is -5.44. The van der Waals surface area contributed by atoms with Crippen LogP contribution in [0.25, 0.3) is 91.1 Å². The van der Waals surface area contributed by atoms with Crippen LogP contribution in [0.3, 0.4) is 0 Å². The van der Waals surface area contributed by atoms with Gasteiger partial charge in [-0.15, -0.1) is 11.3 Å². The molecule has 2 heterocycles. The zero-order chi connectivity index (χ0) is 28.8. The molecule has 10 aromatic rings. The summed E-state index contributed by atoms with van der Waals surface area (Å²) in [5.74, 6) is 0. The highest BCUT2D eigenvalue weighted by Gasteiger charge is 2.18. The fourth-order valence-corrected chi connectivity index (χ4v) is 8.60. The van der Waals surface area contributed by atoms with Crippen LogP contribution in [0, 0.1) is 0 Å². The fourth-order valence-electron chi connectivity index (χ4n) is 7.41. The molecule has 0 aliphatic heterocycles. The van der Waals surface area contributed by atoms with Gasteiger partial charge in [-0.2, -0.15) is 0 Å². The first-order chi connectivity index (χ1) is 21.8. The van der Waals surface area contributed by atoms with Crippen LogP contribution in [0.2, 0.25) is 0 Å². The van der Waals surface area contributed by atoms with E-state index in [4.69, 9.17) is 0 Å². The van der Waals surface area contributed by atoms with Crippen molar-refractivity contribution < 1.29 is 0 Å². The summed E-state index contributed by atoms with van der Waals surface area (Å²) in [5, 5.41) is 13.0.